The molecule has 0 radical (unpaired) electrons. The highest BCUT2D eigenvalue weighted by atomic mass is 35.5. The molecule has 3 aromatic carbocycles. The van der Waals surface area contributed by atoms with Crippen LogP contribution < -0.4 is 4.74 Å². The Balaban J connectivity index is 1.44. The van der Waals surface area contributed by atoms with Gasteiger partial charge in [0.1, 0.15) is 5.75 Å². The van der Waals surface area contributed by atoms with Crippen LogP contribution in [-0.4, -0.2) is 13.0 Å². The van der Waals surface area contributed by atoms with Gasteiger partial charge in [0.05, 0.1) is 12.7 Å². The second kappa shape index (κ2) is 10.7. The highest BCUT2D eigenvalue weighted by Crippen LogP contribution is 2.56. The van der Waals surface area contributed by atoms with Crippen molar-refractivity contribution in [1.82, 2.24) is 0 Å². The van der Waals surface area contributed by atoms with Crippen molar-refractivity contribution in [3.05, 3.63) is 99.1 Å². The Morgan fingerprint density at radius 1 is 1.06 bits per heavy atom. The van der Waals surface area contributed by atoms with Gasteiger partial charge in [-0.2, -0.15) is 0 Å². The average Bonchev–Trinajstić information content (AvgIpc) is 2.80. The van der Waals surface area contributed by atoms with Gasteiger partial charge in [-0.15, -0.1) is 0 Å². The zero-order valence-electron chi connectivity index (χ0n) is 20.2. The maximum atomic E-state index is 13.2. The molecule has 34 heavy (non-hydrogen) atoms. The Bertz CT molecular complexity index is 1180. The van der Waals surface area contributed by atoms with Gasteiger partial charge in [-0.05, 0) is 83.8 Å². The molecule has 0 amide bonds. The van der Waals surface area contributed by atoms with E-state index in [1.807, 2.05) is 36.4 Å². The van der Waals surface area contributed by atoms with Crippen LogP contribution in [0.5, 0.6) is 5.75 Å². The fourth-order valence-electron chi connectivity index (χ4n) is 4.31. The monoisotopic (exact) mass is 498 g/mol. The first-order chi connectivity index (χ1) is 16.2. The molecule has 0 saturated carbocycles. The second-order valence-electron chi connectivity index (χ2n) is 9.27. The van der Waals surface area contributed by atoms with Gasteiger partial charge in [0, 0.05) is 11.4 Å². The van der Waals surface area contributed by atoms with E-state index in [0.717, 1.165) is 23.1 Å². The van der Waals surface area contributed by atoms with Crippen molar-refractivity contribution in [2.75, 3.05) is 13.0 Å². The third-order valence-electron chi connectivity index (χ3n) is 6.23. The van der Waals surface area contributed by atoms with E-state index in [0.29, 0.717) is 29.7 Å². The molecule has 1 fully saturated rings. The summed E-state index contributed by atoms with van der Waals surface area (Å²) in [4.78, 5) is 0. The third-order valence-corrected chi connectivity index (χ3v) is 8.07. The minimum Gasteiger partial charge on any atom is -0.481 e. The highest BCUT2D eigenvalue weighted by Gasteiger charge is 2.35. The van der Waals surface area contributed by atoms with Crippen LogP contribution in [0.15, 0.2) is 60.7 Å². The minimum atomic E-state index is -3.39. The molecule has 1 aliphatic rings. The molecule has 1 heterocycles. The Morgan fingerprint density at radius 2 is 1.79 bits per heavy atom. The largest absolute Gasteiger partial charge is 0.481 e. The summed E-state index contributed by atoms with van der Waals surface area (Å²) in [6.07, 6.45) is 1.03. The van der Waals surface area contributed by atoms with Crippen LogP contribution in [0.2, 0.25) is 5.02 Å². The molecule has 3 aromatic rings. The van der Waals surface area contributed by atoms with E-state index in [-0.39, 0.29) is 12.5 Å². The predicted octanol–water partition coefficient (Wildman–Crippen LogP) is 8.38. The van der Waals surface area contributed by atoms with Crippen molar-refractivity contribution in [3.63, 3.8) is 0 Å². The van der Waals surface area contributed by atoms with Crippen LogP contribution in [0, 0.1) is 13.8 Å². The van der Waals surface area contributed by atoms with Crippen LogP contribution in [0.3, 0.4) is 0 Å². The van der Waals surface area contributed by atoms with Crippen LogP contribution >= 0.6 is 19.2 Å². The van der Waals surface area contributed by atoms with Crippen molar-refractivity contribution >= 4 is 19.2 Å². The number of rotatable bonds is 7. The molecule has 0 spiro atoms. The SMILES string of the molecule is Cc1cc(OCP2(=O)OCCC(c3cccc(Cl)c3)O2)cc(C)c1Cc1cccc(C(C)C)c1. The third kappa shape index (κ3) is 6.12. The molecule has 6 heteroatoms. The summed E-state index contributed by atoms with van der Waals surface area (Å²) in [6.45, 7) is 8.96. The van der Waals surface area contributed by atoms with Gasteiger partial charge in [0.25, 0.3) is 0 Å². The van der Waals surface area contributed by atoms with Gasteiger partial charge >= 0.3 is 7.60 Å². The molecule has 1 aliphatic heterocycles. The van der Waals surface area contributed by atoms with Crippen molar-refractivity contribution in [1.29, 1.82) is 0 Å². The quantitative estimate of drug-likeness (QED) is 0.307. The number of ether oxygens (including phenoxy) is 1. The van der Waals surface area contributed by atoms with E-state index in [9.17, 15) is 4.57 Å². The van der Waals surface area contributed by atoms with E-state index in [4.69, 9.17) is 25.4 Å². The van der Waals surface area contributed by atoms with E-state index < -0.39 is 7.60 Å². The summed E-state index contributed by atoms with van der Waals surface area (Å²) in [5.74, 6) is 1.17. The van der Waals surface area contributed by atoms with E-state index in [1.165, 1.54) is 16.7 Å². The number of benzene rings is 3. The van der Waals surface area contributed by atoms with Gasteiger partial charge in [0.15, 0.2) is 6.35 Å². The molecular formula is C28H32ClO4P. The minimum absolute atomic E-state index is 0.126. The van der Waals surface area contributed by atoms with Crippen LogP contribution in [-0.2, 0) is 20.0 Å². The Morgan fingerprint density at radius 3 is 2.50 bits per heavy atom. The van der Waals surface area contributed by atoms with E-state index in [1.54, 1.807) is 0 Å². The van der Waals surface area contributed by atoms with Crippen molar-refractivity contribution in [2.24, 2.45) is 0 Å². The summed E-state index contributed by atoms with van der Waals surface area (Å²) < 4.78 is 30.6. The summed E-state index contributed by atoms with van der Waals surface area (Å²) in [5.41, 5.74) is 7.11. The second-order valence-corrected chi connectivity index (χ2v) is 11.7. The molecule has 4 nitrogen and oxygen atoms in total. The summed E-state index contributed by atoms with van der Waals surface area (Å²) >= 11 is 6.11. The zero-order valence-corrected chi connectivity index (χ0v) is 21.9. The van der Waals surface area contributed by atoms with E-state index in [2.05, 4.69) is 52.0 Å². The molecule has 1 saturated heterocycles. The lowest BCUT2D eigenvalue weighted by Gasteiger charge is -2.30. The summed E-state index contributed by atoms with van der Waals surface area (Å²) in [7, 11) is -3.39. The molecule has 0 bridgehead atoms. The van der Waals surface area contributed by atoms with Gasteiger partial charge < -0.3 is 9.26 Å². The van der Waals surface area contributed by atoms with Crippen LogP contribution in [0.1, 0.15) is 65.7 Å². The number of halogens is 1. The first kappa shape index (κ1) is 25.0. The Kier molecular flexibility index (Phi) is 7.84. The molecule has 2 atom stereocenters. The maximum Gasteiger partial charge on any atom is 0.368 e. The molecule has 180 valence electrons. The number of hydrogen-bond donors (Lipinski definition) is 0. The molecule has 0 aromatic heterocycles. The lowest BCUT2D eigenvalue weighted by atomic mass is 9.93. The van der Waals surface area contributed by atoms with Crippen molar-refractivity contribution < 1.29 is 18.3 Å². The maximum absolute atomic E-state index is 13.2. The zero-order chi connectivity index (χ0) is 24.3. The fourth-order valence-corrected chi connectivity index (χ4v) is 6.01. The topological polar surface area (TPSA) is 44.8 Å². The lowest BCUT2D eigenvalue weighted by molar-refractivity contribution is 0.0725. The number of hydrogen-bond acceptors (Lipinski definition) is 4. The number of aryl methyl sites for hydroxylation is 2. The lowest BCUT2D eigenvalue weighted by Crippen LogP contribution is -2.17. The van der Waals surface area contributed by atoms with Crippen molar-refractivity contribution in [2.45, 2.75) is 52.6 Å². The first-order valence-corrected chi connectivity index (χ1v) is 13.8. The molecule has 0 aliphatic carbocycles. The van der Waals surface area contributed by atoms with Crippen LogP contribution in [0.4, 0.5) is 0 Å². The highest BCUT2D eigenvalue weighted by molar-refractivity contribution is 7.53. The summed E-state index contributed by atoms with van der Waals surface area (Å²) in [5, 5.41) is 0.626. The smallest absolute Gasteiger partial charge is 0.368 e. The predicted molar refractivity (Wildman–Crippen MR) is 138 cm³/mol. The first-order valence-electron chi connectivity index (χ1n) is 11.7. The van der Waals surface area contributed by atoms with Crippen molar-refractivity contribution in [3.8, 4) is 5.75 Å². The van der Waals surface area contributed by atoms with E-state index >= 15 is 0 Å². The van der Waals surface area contributed by atoms with Gasteiger partial charge in [-0.3, -0.25) is 9.09 Å². The van der Waals surface area contributed by atoms with Gasteiger partial charge in [0.2, 0.25) is 0 Å². The normalized spacial score (nSPS) is 20.5. The fraction of sp³-hybridized carbons (Fsp3) is 0.357. The average molecular weight is 499 g/mol. The summed E-state index contributed by atoms with van der Waals surface area (Å²) in [6, 6.07) is 20.2. The Labute approximate surface area is 207 Å². The van der Waals surface area contributed by atoms with Gasteiger partial charge in [-0.1, -0.05) is 61.8 Å². The molecule has 0 N–H and O–H groups in total. The standard InChI is InChI=1S/C28H32ClO4P/c1-19(2)23-8-5-7-22(15-23)16-27-20(3)13-26(14-21(27)4)31-18-34(30)32-12-11-28(33-34)24-9-6-10-25(29)17-24/h5-10,13-15,17,19,28H,11-12,16,18H2,1-4H3. The van der Waals surface area contributed by atoms with Gasteiger partial charge in [-0.25, -0.2) is 0 Å². The van der Waals surface area contributed by atoms with Crippen LogP contribution in [0.25, 0.3) is 0 Å². The Hall–Kier alpha value is -2.10. The molecular weight excluding hydrogens is 467 g/mol. The molecule has 2 unspecified atom stereocenters. The molecule has 4 rings (SSSR count).